The van der Waals surface area contributed by atoms with Crippen LogP contribution < -0.4 is 5.56 Å². The van der Waals surface area contributed by atoms with Crippen LogP contribution in [0.4, 0.5) is 0 Å². The molecule has 6 heteroatoms. The summed E-state index contributed by atoms with van der Waals surface area (Å²) in [5.41, 5.74) is 0.811. The highest BCUT2D eigenvalue weighted by Gasteiger charge is 2.10. The number of aromatic nitrogens is 2. The van der Waals surface area contributed by atoms with E-state index in [0.717, 1.165) is 5.39 Å². The van der Waals surface area contributed by atoms with Crippen molar-refractivity contribution in [1.82, 2.24) is 9.55 Å². The van der Waals surface area contributed by atoms with E-state index >= 15 is 0 Å². The van der Waals surface area contributed by atoms with Crippen molar-refractivity contribution in [3.63, 3.8) is 0 Å². The van der Waals surface area contributed by atoms with Crippen molar-refractivity contribution in [1.29, 1.82) is 0 Å². The van der Waals surface area contributed by atoms with Crippen LogP contribution in [0.25, 0.3) is 10.9 Å². The van der Waals surface area contributed by atoms with Gasteiger partial charge < -0.3 is 9.30 Å². The van der Waals surface area contributed by atoms with Crippen molar-refractivity contribution < 1.29 is 9.53 Å². The van der Waals surface area contributed by atoms with E-state index in [0.29, 0.717) is 23.5 Å². The molecule has 24 heavy (non-hydrogen) atoms. The van der Waals surface area contributed by atoms with Gasteiger partial charge >= 0.3 is 5.97 Å². The number of pyridine rings is 2. The van der Waals surface area contributed by atoms with Crippen LogP contribution >= 0.6 is 11.6 Å². The average Bonchev–Trinajstić information content (AvgIpc) is 2.59. The number of esters is 1. The standard InChI is InChI=1S/C18H15ClN2O3/c19-14-7-5-13-6-8-15(20-16(13)12-14)18(23)24-11-3-10-21-9-2-1-4-17(21)22/h1-2,4-9,12H,3,10-11H2. The third-order valence-electron chi connectivity index (χ3n) is 3.54. The van der Waals surface area contributed by atoms with Gasteiger partial charge in [-0.25, -0.2) is 9.78 Å². The molecule has 0 bridgehead atoms. The molecule has 0 spiro atoms. The van der Waals surface area contributed by atoms with E-state index in [1.807, 2.05) is 6.07 Å². The maximum Gasteiger partial charge on any atom is 0.356 e. The van der Waals surface area contributed by atoms with Crippen LogP contribution in [0, 0.1) is 0 Å². The second kappa shape index (κ2) is 7.27. The largest absolute Gasteiger partial charge is 0.461 e. The van der Waals surface area contributed by atoms with E-state index in [4.69, 9.17) is 16.3 Å². The molecule has 0 saturated heterocycles. The van der Waals surface area contributed by atoms with Crippen molar-refractivity contribution in [2.24, 2.45) is 0 Å². The molecule has 3 rings (SSSR count). The molecule has 0 N–H and O–H groups in total. The average molecular weight is 343 g/mol. The third kappa shape index (κ3) is 3.81. The van der Waals surface area contributed by atoms with Crippen molar-refractivity contribution >= 4 is 28.5 Å². The van der Waals surface area contributed by atoms with Crippen LogP contribution in [0.15, 0.2) is 59.5 Å². The molecule has 0 saturated carbocycles. The number of aryl methyl sites for hydroxylation is 1. The number of carbonyl (C=O) groups excluding carboxylic acids is 1. The smallest absolute Gasteiger partial charge is 0.356 e. The quantitative estimate of drug-likeness (QED) is 0.527. The van der Waals surface area contributed by atoms with Crippen LogP contribution in [0.5, 0.6) is 0 Å². The third-order valence-corrected chi connectivity index (χ3v) is 3.77. The Morgan fingerprint density at radius 1 is 1.17 bits per heavy atom. The molecule has 0 aliphatic rings. The van der Waals surface area contributed by atoms with Crippen molar-refractivity contribution in [3.05, 3.63) is 75.8 Å². The van der Waals surface area contributed by atoms with Gasteiger partial charge in [0.25, 0.3) is 0 Å². The number of ether oxygens (including phenoxy) is 1. The van der Waals surface area contributed by atoms with Gasteiger partial charge in [-0.3, -0.25) is 4.79 Å². The lowest BCUT2D eigenvalue weighted by Crippen LogP contribution is -2.19. The maximum atomic E-state index is 12.1. The number of benzene rings is 1. The Kier molecular flexibility index (Phi) is 4.91. The molecule has 2 heterocycles. The minimum absolute atomic E-state index is 0.0723. The van der Waals surface area contributed by atoms with E-state index < -0.39 is 5.97 Å². The minimum Gasteiger partial charge on any atom is -0.461 e. The molecule has 0 atom stereocenters. The number of hydrogen-bond acceptors (Lipinski definition) is 4. The number of nitrogens with zero attached hydrogens (tertiary/aromatic N) is 2. The molecular formula is C18H15ClN2O3. The molecule has 5 nitrogen and oxygen atoms in total. The van der Waals surface area contributed by atoms with Gasteiger partial charge in [0.15, 0.2) is 0 Å². The molecule has 0 unspecified atom stereocenters. The highest BCUT2D eigenvalue weighted by molar-refractivity contribution is 6.31. The summed E-state index contributed by atoms with van der Waals surface area (Å²) in [5, 5.41) is 1.47. The summed E-state index contributed by atoms with van der Waals surface area (Å²) < 4.78 is 6.79. The lowest BCUT2D eigenvalue weighted by molar-refractivity contribution is 0.0489. The monoisotopic (exact) mass is 342 g/mol. The summed E-state index contributed by atoms with van der Waals surface area (Å²) in [4.78, 5) is 27.9. The van der Waals surface area contributed by atoms with E-state index in [2.05, 4.69) is 4.98 Å². The first-order valence-corrected chi connectivity index (χ1v) is 7.90. The molecule has 0 aliphatic carbocycles. The highest BCUT2D eigenvalue weighted by atomic mass is 35.5. The van der Waals surface area contributed by atoms with Gasteiger partial charge in [-0.15, -0.1) is 0 Å². The summed E-state index contributed by atoms with van der Waals surface area (Å²) in [6.07, 6.45) is 2.26. The Morgan fingerprint density at radius 2 is 2.00 bits per heavy atom. The van der Waals surface area contributed by atoms with Gasteiger partial charge in [-0.05, 0) is 30.7 Å². The number of carbonyl (C=O) groups is 1. The molecule has 122 valence electrons. The maximum absolute atomic E-state index is 12.1. The molecule has 0 radical (unpaired) electrons. The Bertz CT molecular complexity index is 937. The fourth-order valence-corrected chi connectivity index (χ4v) is 2.49. The zero-order valence-corrected chi connectivity index (χ0v) is 13.6. The van der Waals surface area contributed by atoms with Crippen LogP contribution in [0.2, 0.25) is 5.02 Å². The topological polar surface area (TPSA) is 61.2 Å². The minimum atomic E-state index is -0.489. The number of halogens is 1. The lowest BCUT2D eigenvalue weighted by Gasteiger charge is -2.07. The predicted molar refractivity (Wildman–Crippen MR) is 92.4 cm³/mol. The molecule has 0 amide bonds. The molecular weight excluding hydrogens is 328 g/mol. The van der Waals surface area contributed by atoms with Gasteiger partial charge in [0.05, 0.1) is 12.1 Å². The number of rotatable bonds is 5. The summed E-state index contributed by atoms with van der Waals surface area (Å²) in [5.74, 6) is -0.489. The van der Waals surface area contributed by atoms with Crippen LogP contribution in [0.3, 0.4) is 0 Å². The Balaban J connectivity index is 1.59. The fraction of sp³-hybridized carbons (Fsp3) is 0.167. The highest BCUT2D eigenvalue weighted by Crippen LogP contribution is 2.18. The summed E-state index contributed by atoms with van der Waals surface area (Å²) in [7, 11) is 0. The second-order valence-corrected chi connectivity index (χ2v) is 5.69. The summed E-state index contributed by atoms with van der Waals surface area (Å²) in [6, 6.07) is 13.7. The van der Waals surface area contributed by atoms with Crippen LogP contribution in [-0.4, -0.2) is 22.1 Å². The van der Waals surface area contributed by atoms with Crippen molar-refractivity contribution in [3.8, 4) is 0 Å². The fourth-order valence-electron chi connectivity index (χ4n) is 2.32. The van der Waals surface area contributed by atoms with Crippen molar-refractivity contribution in [2.75, 3.05) is 6.61 Å². The Morgan fingerprint density at radius 3 is 2.83 bits per heavy atom. The summed E-state index contributed by atoms with van der Waals surface area (Å²) >= 11 is 5.94. The molecule has 1 aromatic carbocycles. The molecule has 2 aromatic heterocycles. The second-order valence-electron chi connectivity index (χ2n) is 5.26. The first-order chi connectivity index (χ1) is 11.6. The predicted octanol–water partition coefficient (Wildman–Crippen LogP) is 3.30. The normalized spacial score (nSPS) is 10.7. The Labute approximate surface area is 143 Å². The molecule has 0 aliphatic heterocycles. The van der Waals surface area contributed by atoms with E-state index in [1.54, 1.807) is 47.2 Å². The van der Waals surface area contributed by atoms with Gasteiger partial charge in [0.2, 0.25) is 5.56 Å². The molecule has 3 aromatic rings. The first kappa shape index (κ1) is 16.2. The zero-order valence-electron chi connectivity index (χ0n) is 12.8. The zero-order chi connectivity index (χ0) is 16.9. The van der Waals surface area contributed by atoms with Crippen molar-refractivity contribution in [2.45, 2.75) is 13.0 Å². The van der Waals surface area contributed by atoms with Gasteiger partial charge in [-0.1, -0.05) is 29.8 Å². The number of fused-ring (bicyclic) bond motifs is 1. The van der Waals surface area contributed by atoms with Crippen LogP contribution in [-0.2, 0) is 11.3 Å². The number of hydrogen-bond donors (Lipinski definition) is 0. The lowest BCUT2D eigenvalue weighted by atomic mass is 10.2. The van der Waals surface area contributed by atoms with Gasteiger partial charge in [-0.2, -0.15) is 0 Å². The van der Waals surface area contributed by atoms with Gasteiger partial charge in [0, 0.05) is 29.2 Å². The van der Waals surface area contributed by atoms with E-state index in [9.17, 15) is 9.59 Å². The van der Waals surface area contributed by atoms with E-state index in [-0.39, 0.29) is 17.9 Å². The molecule has 0 fully saturated rings. The SMILES string of the molecule is O=C(OCCCn1ccccc1=O)c1ccc2ccc(Cl)cc2n1. The van der Waals surface area contributed by atoms with Gasteiger partial charge in [0.1, 0.15) is 5.69 Å². The summed E-state index contributed by atoms with van der Waals surface area (Å²) in [6.45, 7) is 0.711. The Hall–Kier alpha value is -2.66. The van der Waals surface area contributed by atoms with Crippen LogP contribution in [0.1, 0.15) is 16.9 Å². The first-order valence-electron chi connectivity index (χ1n) is 7.52. The van der Waals surface area contributed by atoms with E-state index in [1.165, 1.54) is 6.07 Å².